The fraction of sp³-hybridized carbons (Fsp3) is 0.300. The fourth-order valence-corrected chi connectivity index (χ4v) is 2.32. The van der Waals surface area contributed by atoms with Crippen molar-refractivity contribution in [3.63, 3.8) is 0 Å². The van der Waals surface area contributed by atoms with Crippen LogP contribution in [0.1, 0.15) is 28.4 Å². The highest BCUT2D eigenvalue weighted by molar-refractivity contribution is 5.76. The van der Waals surface area contributed by atoms with Crippen LogP contribution in [0.15, 0.2) is 36.4 Å². The van der Waals surface area contributed by atoms with E-state index in [2.05, 4.69) is 0 Å². The molecule has 28 heavy (non-hydrogen) atoms. The van der Waals surface area contributed by atoms with E-state index in [1.54, 1.807) is 43.5 Å². The summed E-state index contributed by atoms with van der Waals surface area (Å²) in [4.78, 5) is 20.9. The van der Waals surface area contributed by atoms with E-state index >= 15 is 0 Å². The molecule has 0 fully saturated rings. The Labute approximate surface area is 163 Å². The topological polar surface area (TPSA) is 117 Å². The van der Waals surface area contributed by atoms with Crippen molar-refractivity contribution in [1.29, 1.82) is 0 Å². The molecule has 0 saturated heterocycles. The zero-order valence-electron chi connectivity index (χ0n) is 16.3. The Hall–Kier alpha value is -3.26. The molecule has 0 aliphatic heterocycles. The van der Waals surface area contributed by atoms with Gasteiger partial charge < -0.3 is 29.8 Å². The molecule has 1 unspecified atom stereocenters. The molecule has 152 valence electrons. The minimum atomic E-state index is -0.928. The summed E-state index contributed by atoms with van der Waals surface area (Å²) < 4.78 is 20.2. The predicted molar refractivity (Wildman–Crippen MR) is 104 cm³/mol. The first-order chi connectivity index (χ1) is 13.4. The van der Waals surface area contributed by atoms with Crippen LogP contribution in [-0.4, -0.2) is 45.8 Å². The molecule has 1 atom stereocenters. The summed E-state index contributed by atoms with van der Waals surface area (Å²) in [5.74, 6) is 1.40. The maximum atomic E-state index is 10.5. The summed E-state index contributed by atoms with van der Waals surface area (Å²) in [6, 6.07) is 9.58. The Morgan fingerprint density at radius 3 is 1.89 bits per heavy atom. The third-order valence-corrected chi connectivity index (χ3v) is 3.77. The third-order valence-electron chi connectivity index (χ3n) is 3.77. The Balaban J connectivity index is 0.000000292. The van der Waals surface area contributed by atoms with Crippen molar-refractivity contribution in [2.75, 3.05) is 28.4 Å². The van der Waals surface area contributed by atoms with E-state index < -0.39 is 12.0 Å². The highest BCUT2D eigenvalue weighted by Gasteiger charge is 2.13. The summed E-state index contributed by atoms with van der Waals surface area (Å²) in [7, 11) is 6.14. The average molecular weight is 391 g/mol. The molecule has 0 bridgehead atoms. The van der Waals surface area contributed by atoms with Crippen LogP contribution in [0.25, 0.3) is 0 Å². The molecule has 8 nitrogen and oxygen atoms in total. The molecule has 0 aliphatic rings. The van der Waals surface area contributed by atoms with E-state index in [-0.39, 0.29) is 6.42 Å². The lowest BCUT2D eigenvalue weighted by molar-refractivity contribution is -0.137. The second-order valence-electron chi connectivity index (χ2n) is 5.55. The number of carbonyl (C=O) groups is 2. The van der Waals surface area contributed by atoms with Crippen LogP contribution in [0.3, 0.4) is 0 Å². The molecular weight excluding hydrogens is 366 g/mol. The van der Waals surface area contributed by atoms with E-state index in [1.807, 2.05) is 0 Å². The average Bonchev–Trinajstić information content (AvgIpc) is 2.72. The van der Waals surface area contributed by atoms with Gasteiger partial charge in [0.1, 0.15) is 6.29 Å². The first-order valence-electron chi connectivity index (χ1n) is 8.26. The third kappa shape index (κ3) is 6.48. The van der Waals surface area contributed by atoms with Gasteiger partial charge in [0, 0.05) is 11.6 Å². The molecule has 0 aromatic heterocycles. The van der Waals surface area contributed by atoms with Gasteiger partial charge in [-0.1, -0.05) is 6.07 Å². The lowest BCUT2D eigenvalue weighted by atomic mass is 10.0. The Morgan fingerprint density at radius 2 is 1.43 bits per heavy atom. The second-order valence-corrected chi connectivity index (χ2v) is 5.55. The van der Waals surface area contributed by atoms with Crippen molar-refractivity contribution in [1.82, 2.24) is 0 Å². The smallest absolute Gasteiger partial charge is 0.305 e. The van der Waals surface area contributed by atoms with Crippen LogP contribution in [0.4, 0.5) is 0 Å². The molecule has 0 saturated carbocycles. The number of aldehydes is 1. The number of rotatable bonds is 8. The number of aliphatic carboxylic acids is 1. The number of carbonyl (C=O) groups excluding carboxylic acids is 1. The van der Waals surface area contributed by atoms with Crippen LogP contribution in [0.2, 0.25) is 0 Å². The number of methoxy groups -OCH3 is 4. The van der Waals surface area contributed by atoms with Gasteiger partial charge >= 0.3 is 5.97 Å². The van der Waals surface area contributed by atoms with Crippen molar-refractivity contribution < 1.29 is 33.6 Å². The maximum Gasteiger partial charge on any atom is 0.305 e. The van der Waals surface area contributed by atoms with Crippen LogP contribution in [0.5, 0.6) is 23.0 Å². The number of nitrogens with two attached hydrogens (primary N) is 1. The molecular formula is C20H25NO7. The molecule has 0 heterocycles. The first kappa shape index (κ1) is 22.8. The fourth-order valence-electron chi connectivity index (χ4n) is 2.32. The molecule has 0 amide bonds. The Bertz CT molecular complexity index is 792. The van der Waals surface area contributed by atoms with Crippen LogP contribution in [0, 0.1) is 0 Å². The molecule has 8 heteroatoms. The molecule has 0 radical (unpaired) electrons. The summed E-state index contributed by atoms with van der Waals surface area (Å²) in [6.07, 6.45) is 0.650. The quantitative estimate of drug-likeness (QED) is 0.660. The van der Waals surface area contributed by atoms with Gasteiger partial charge in [-0.25, -0.2) is 0 Å². The van der Waals surface area contributed by atoms with Crippen molar-refractivity contribution in [2.24, 2.45) is 5.73 Å². The lowest BCUT2D eigenvalue weighted by Crippen LogP contribution is -2.15. The van der Waals surface area contributed by atoms with Crippen molar-refractivity contribution >= 4 is 12.3 Å². The van der Waals surface area contributed by atoms with E-state index in [0.29, 0.717) is 34.1 Å². The van der Waals surface area contributed by atoms with Gasteiger partial charge in [0.2, 0.25) is 0 Å². The SMILES string of the molecule is COc1ccc(C(N)CC(=O)O)cc1OC.COc1ccc(C=O)cc1OC. The standard InChI is InChI=1S/C11H15NO4.C9H10O3/c1-15-9-4-3-7(5-10(9)16-2)8(12)6-11(13)14;1-11-8-4-3-7(6-10)5-9(8)12-2/h3-5,8H,6,12H2,1-2H3,(H,13,14);3-6H,1-2H3. The largest absolute Gasteiger partial charge is 0.493 e. The van der Waals surface area contributed by atoms with Gasteiger partial charge in [-0.05, 0) is 35.9 Å². The molecule has 2 aromatic rings. The maximum absolute atomic E-state index is 10.5. The van der Waals surface area contributed by atoms with Gasteiger partial charge in [0.05, 0.1) is 34.9 Å². The summed E-state index contributed by atoms with van der Waals surface area (Å²) >= 11 is 0. The van der Waals surface area contributed by atoms with Crippen molar-refractivity contribution in [3.8, 4) is 23.0 Å². The predicted octanol–water partition coefficient (Wildman–Crippen LogP) is 2.69. The zero-order chi connectivity index (χ0) is 21.1. The van der Waals surface area contributed by atoms with Gasteiger partial charge in [-0.15, -0.1) is 0 Å². The van der Waals surface area contributed by atoms with E-state index in [9.17, 15) is 9.59 Å². The number of hydrogen-bond acceptors (Lipinski definition) is 7. The summed E-state index contributed by atoms with van der Waals surface area (Å²) in [5, 5.41) is 8.64. The monoisotopic (exact) mass is 391 g/mol. The van der Waals surface area contributed by atoms with Gasteiger partial charge in [0.25, 0.3) is 0 Å². The molecule has 0 aliphatic carbocycles. The number of ether oxygens (including phenoxy) is 4. The highest BCUT2D eigenvalue weighted by Crippen LogP contribution is 2.30. The molecule has 3 N–H and O–H groups in total. The van der Waals surface area contributed by atoms with Crippen LogP contribution < -0.4 is 24.7 Å². The van der Waals surface area contributed by atoms with Crippen LogP contribution in [-0.2, 0) is 4.79 Å². The number of carboxylic acid groups (broad SMARTS) is 1. The summed E-state index contributed by atoms with van der Waals surface area (Å²) in [5.41, 5.74) is 7.02. The number of benzene rings is 2. The van der Waals surface area contributed by atoms with Gasteiger partial charge in [-0.3, -0.25) is 9.59 Å². The Kier molecular flexibility index (Phi) is 9.32. The zero-order valence-corrected chi connectivity index (χ0v) is 16.3. The van der Waals surface area contributed by atoms with Crippen molar-refractivity contribution in [3.05, 3.63) is 47.5 Å². The second kappa shape index (κ2) is 11.5. The van der Waals surface area contributed by atoms with Crippen LogP contribution >= 0.6 is 0 Å². The molecule has 2 aromatic carbocycles. The minimum Gasteiger partial charge on any atom is -0.493 e. The summed E-state index contributed by atoms with van der Waals surface area (Å²) in [6.45, 7) is 0. The molecule has 0 spiro atoms. The van der Waals surface area contributed by atoms with E-state index in [1.165, 1.54) is 21.3 Å². The lowest BCUT2D eigenvalue weighted by Gasteiger charge is -2.13. The van der Waals surface area contributed by atoms with E-state index in [0.717, 1.165) is 6.29 Å². The first-order valence-corrected chi connectivity index (χ1v) is 8.26. The normalized spacial score (nSPS) is 10.8. The van der Waals surface area contributed by atoms with E-state index in [4.69, 9.17) is 29.8 Å². The molecule has 2 rings (SSSR count). The van der Waals surface area contributed by atoms with Gasteiger partial charge in [-0.2, -0.15) is 0 Å². The highest BCUT2D eigenvalue weighted by atomic mass is 16.5. The minimum absolute atomic E-state index is 0.116. The number of hydrogen-bond donors (Lipinski definition) is 2. The van der Waals surface area contributed by atoms with Crippen molar-refractivity contribution in [2.45, 2.75) is 12.5 Å². The number of carboxylic acids is 1. The van der Waals surface area contributed by atoms with Gasteiger partial charge in [0.15, 0.2) is 23.0 Å². The Morgan fingerprint density at radius 1 is 0.929 bits per heavy atom.